The minimum Gasteiger partial charge on any atom is -0.496 e. The maximum absolute atomic E-state index is 12.9. The Morgan fingerprint density at radius 3 is 2.77 bits per heavy atom. The van der Waals surface area contributed by atoms with Crippen LogP contribution in [0.25, 0.3) is 11.5 Å². The number of halogens is 1. The number of hydrogen-bond acceptors (Lipinski definition) is 6. The summed E-state index contributed by atoms with van der Waals surface area (Å²) in [5, 5.41) is 4.69. The van der Waals surface area contributed by atoms with Crippen LogP contribution < -0.4 is 9.47 Å². The largest absolute Gasteiger partial charge is 0.496 e. The molecule has 162 valence electrons. The molecule has 1 aliphatic heterocycles. The second-order valence-electron chi connectivity index (χ2n) is 7.48. The van der Waals surface area contributed by atoms with Gasteiger partial charge in [0, 0.05) is 19.0 Å². The van der Waals surface area contributed by atoms with Crippen molar-refractivity contribution < 1.29 is 18.8 Å². The van der Waals surface area contributed by atoms with Crippen LogP contribution in [0.5, 0.6) is 11.5 Å². The molecule has 1 amide bonds. The highest BCUT2D eigenvalue weighted by Gasteiger charge is 2.28. The third-order valence-electron chi connectivity index (χ3n) is 5.49. The average molecular weight is 442 g/mol. The van der Waals surface area contributed by atoms with E-state index in [4.69, 9.17) is 25.6 Å². The molecule has 1 fully saturated rings. The van der Waals surface area contributed by atoms with Crippen LogP contribution in [0.2, 0.25) is 5.02 Å². The third-order valence-corrected chi connectivity index (χ3v) is 5.79. The molecular formula is C23H24ClN3O4. The molecule has 0 aliphatic carbocycles. The molecular weight excluding hydrogens is 418 g/mol. The van der Waals surface area contributed by atoms with Crippen LogP contribution in [-0.2, 0) is 11.2 Å². The average Bonchev–Trinajstić information content (AvgIpc) is 3.29. The number of nitrogens with zero attached hydrogens (tertiary/aromatic N) is 3. The van der Waals surface area contributed by atoms with E-state index >= 15 is 0 Å². The maximum Gasteiger partial charge on any atom is 0.261 e. The number of rotatable bonds is 6. The number of aromatic nitrogens is 2. The molecule has 7 nitrogen and oxygen atoms in total. The van der Waals surface area contributed by atoms with Crippen LogP contribution in [0.15, 0.2) is 47.0 Å². The summed E-state index contributed by atoms with van der Waals surface area (Å²) in [4.78, 5) is 19.4. The molecule has 1 atom stereocenters. The Balaban J connectivity index is 1.44. The summed E-state index contributed by atoms with van der Waals surface area (Å²) in [5.41, 5.74) is 1.61. The zero-order valence-corrected chi connectivity index (χ0v) is 18.3. The van der Waals surface area contributed by atoms with Gasteiger partial charge in [-0.3, -0.25) is 4.79 Å². The molecule has 0 radical (unpaired) electrons. The van der Waals surface area contributed by atoms with Crippen molar-refractivity contribution in [2.75, 3.05) is 27.3 Å². The Morgan fingerprint density at radius 1 is 1.19 bits per heavy atom. The lowest BCUT2D eigenvalue weighted by atomic mass is 9.96. The number of ether oxygens (including phenoxy) is 2. The lowest BCUT2D eigenvalue weighted by Crippen LogP contribution is -2.40. The fourth-order valence-corrected chi connectivity index (χ4v) is 4.13. The molecule has 1 unspecified atom stereocenters. The number of benzene rings is 2. The summed E-state index contributed by atoms with van der Waals surface area (Å²) in [7, 11) is 3.17. The molecule has 0 spiro atoms. The van der Waals surface area contributed by atoms with E-state index in [1.165, 1.54) is 0 Å². The Morgan fingerprint density at radius 2 is 2.00 bits per heavy atom. The van der Waals surface area contributed by atoms with Crippen LogP contribution in [0.1, 0.15) is 30.1 Å². The summed E-state index contributed by atoms with van der Waals surface area (Å²) >= 11 is 6.19. The van der Waals surface area contributed by atoms with Gasteiger partial charge < -0.3 is 18.9 Å². The lowest BCUT2D eigenvalue weighted by Gasteiger charge is -2.31. The van der Waals surface area contributed by atoms with Crippen molar-refractivity contribution in [3.05, 3.63) is 58.9 Å². The predicted octanol–water partition coefficient (Wildman–Crippen LogP) is 4.36. The van der Waals surface area contributed by atoms with E-state index in [1.54, 1.807) is 26.4 Å². The van der Waals surface area contributed by atoms with E-state index < -0.39 is 0 Å². The standard InChI is InChI=1S/C23H24ClN3O4/c1-29-19-8-4-3-7-17(19)23-25-22(26-31-23)16-6-5-11-27(14-16)21(28)13-15-9-10-20(30-2)18(24)12-15/h3-4,7-10,12,16H,5-6,11,13-14H2,1-2H3. The molecule has 0 saturated carbocycles. The second kappa shape index (κ2) is 9.39. The van der Waals surface area contributed by atoms with Gasteiger partial charge in [0.05, 0.1) is 31.2 Å². The Kier molecular flexibility index (Phi) is 6.42. The highest BCUT2D eigenvalue weighted by molar-refractivity contribution is 6.32. The molecule has 4 rings (SSSR count). The summed E-state index contributed by atoms with van der Waals surface area (Å²) < 4.78 is 16.1. The second-order valence-corrected chi connectivity index (χ2v) is 7.89. The first-order valence-corrected chi connectivity index (χ1v) is 10.5. The van der Waals surface area contributed by atoms with E-state index in [1.807, 2.05) is 35.2 Å². The number of hydrogen-bond donors (Lipinski definition) is 0. The van der Waals surface area contributed by atoms with Crippen LogP contribution in [-0.4, -0.2) is 48.3 Å². The summed E-state index contributed by atoms with van der Waals surface area (Å²) in [6.07, 6.45) is 2.08. The van der Waals surface area contributed by atoms with Crippen LogP contribution in [0.3, 0.4) is 0 Å². The van der Waals surface area contributed by atoms with E-state index in [0.29, 0.717) is 34.8 Å². The molecule has 2 heterocycles. The minimum absolute atomic E-state index is 0.0318. The molecule has 1 aliphatic rings. The van der Waals surface area contributed by atoms with E-state index in [2.05, 4.69) is 10.1 Å². The molecule has 31 heavy (non-hydrogen) atoms. The monoisotopic (exact) mass is 441 g/mol. The number of amides is 1. The molecule has 3 aromatic rings. The first kappa shape index (κ1) is 21.2. The van der Waals surface area contributed by atoms with Crippen molar-refractivity contribution in [1.29, 1.82) is 0 Å². The SMILES string of the molecule is COc1ccc(CC(=O)N2CCCC(c3noc(-c4ccccc4OC)n3)C2)cc1Cl. The smallest absolute Gasteiger partial charge is 0.261 e. The van der Waals surface area contributed by atoms with Crippen molar-refractivity contribution in [2.24, 2.45) is 0 Å². The Labute approximate surface area is 185 Å². The van der Waals surface area contributed by atoms with Crippen molar-refractivity contribution in [3.63, 3.8) is 0 Å². The molecule has 8 heteroatoms. The van der Waals surface area contributed by atoms with Crippen LogP contribution >= 0.6 is 11.6 Å². The lowest BCUT2D eigenvalue weighted by molar-refractivity contribution is -0.131. The van der Waals surface area contributed by atoms with Gasteiger partial charge in [0.15, 0.2) is 5.82 Å². The first-order valence-electron chi connectivity index (χ1n) is 10.2. The van der Waals surface area contributed by atoms with Gasteiger partial charge in [-0.15, -0.1) is 0 Å². The van der Waals surface area contributed by atoms with E-state index in [0.717, 1.165) is 30.5 Å². The molecule has 1 saturated heterocycles. The number of methoxy groups -OCH3 is 2. The van der Waals surface area contributed by atoms with Crippen molar-refractivity contribution in [2.45, 2.75) is 25.2 Å². The normalized spacial score (nSPS) is 16.2. The quantitative estimate of drug-likeness (QED) is 0.565. The maximum atomic E-state index is 12.9. The number of likely N-dealkylation sites (tertiary alicyclic amines) is 1. The van der Waals surface area contributed by atoms with Gasteiger partial charge >= 0.3 is 0 Å². The van der Waals surface area contributed by atoms with Crippen LogP contribution in [0, 0.1) is 0 Å². The predicted molar refractivity (Wildman–Crippen MR) is 117 cm³/mol. The first-order chi connectivity index (χ1) is 15.1. The highest BCUT2D eigenvalue weighted by atomic mass is 35.5. The Bertz CT molecular complexity index is 1070. The fourth-order valence-electron chi connectivity index (χ4n) is 3.85. The minimum atomic E-state index is 0.0318. The van der Waals surface area contributed by atoms with Gasteiger partial charge in [0.2, 0.25) is 5.91 Å². The van der Waals surface area contributed by atoms with Crippen molar-refractivity contribution in [3.8, 4) is 23.0 Å². The fraction of sp³-hybridized carbons (Fsp3) is 0.348. The topological polar surface area (TPSA) is 77.7 Å². The van der Waals surface area contributed by atoms with Crippen molar-refractivity contribution >= 4 is 17.5 Å². The van der Waals surface area contributed by atoms with Gasteiger partial charge in [-0.1, -0.05) is 35.0 Å². The van der Waals surface area contributed by atoms with Gasteiger partial charge in [0.1, 0.15) is 11.5 Å². The van der Waals surface area contributed by atoms with Gasteiger partial charge in [-0.2, -0.15) is 4.98 Å². The molecule has 2 aromatic carbocycles. The summed E-state index contributed by atoms with van der Waals surface area (Å²) in [6.45, 7) is 1.28. The van der Waals surface area contributed by atoms with Gasteiger partial charge in [-0.25, -0.2) is 0 Å². The van der Waals surface area contributed by atoms with E-state index in [9.17, 15) is 4.79 Å². The van der Waals surface area contributed by atoms with Crippen LogP contribution in [0.4, 0.5) is 0 Å². The number of para-hydroxylation sites is 1. The zero-order valence-electron chi connectivity index (χ0n) is 17.5. The number of carbonyl (C=O) groups is 1. The zero-order chi connectivity index (χ0) is 21.8. The van der Waals surface area contributed by atoms with Gasteiger partial charge in [-0.05, 0) is 42.7 Å². The summed E-state index contributed by atoms with van der Waals surface area (Å²) in [5.74, 6) is 2.40. The summed E-state index contributed by atoms with van der Waals surface area (Å²) in [6, 6.07) is 12.9. The highest BCUT2D eigenvalue weighted by Crippen LogP contribution is 2.31. The molecule has 1 aromatic heterocycles. The third kappa shape index (κ3) is 4.66. The number of piperidine rings is 1. The number of carbonyl (C=O) groups excluding carboxylic acids is 1. The molecule has 0 bridgehead atoms. The van der Waals surface area contributed by atoms with E-state index in [-0.39, 0.29) is 18.2 Å². The molecule has 0 N–H and O–H groups in total. The van der Waals surface area contributed by atoms with Crippen molar-refractivity contribution in [1.82, 2.24) is 15.0 Å². The Hall–Kier alpha value is -3.06. The van der Waals surface area contributed by atoms with Gasteiger partial charge in [0.25, 0.3) is 5.89 Å².